The molecule has 2 aromatic rings. The van der Waals surface area contributed by atoms with Crippen LogP contribution >= 0.6 is 11.6 Å². The quantitative estimate of drug-likeness (QED) is 0.380. The zero-order valence-corrected chi connectivity index (χ0v) is 18.1. The molecule has 0 saturated heterocycles. The van der Waals surface area contributed by atoms with Crippen LogP contribution < -0.4 is 10.6 Å². The van der Waals surface area contributed by atoms with Crippen LogP contribution in [0, 0.1) is 0 Å². The van der Waals surface area contributed by atoms with Crippen molar-refractivity contribution in [3.05, 3.63) is 64.4 Å². The van der Waals surface area contributed by atoms with Crippen molar-refractivity contribution in [3.63, 3.8) is 0 Å². The van der Waals surface area contributed by atoms with Gasteiger partial charge in [-0.05, 0) is 57.0 Å². The number of benzene rings is 1. The van der Waals surface area contributed by atoms with E-state index in [9.17, 15) is 0 Å². The van der Waals surface area contributed by atoms with Crippen molar-refractivity contribution in [1.82, 2.24) is 20.5 Å². The molecule has 2 N–H and O–H groups in total. The average Bonchev–Trinajstić information content (AvgIpc) is 2.68. The molecule has 2 rings (SSSR count). The number of aromatic nitrogens is 1. The zero-order valence-electron chi connectivity index (χ0n) is 17.4. The summed E-state index contributed by atoms with van der Waals surface area (Å²) >= 11 is 5.84. The summed E-state index contributed by atoms with van der Waals surface area (Å²) in [6.07, 6.45) is 2.68. The van der Waals surface area contributed by atoms with E-state index < -0.39 is 0 Å². The third-order valence-corrected chi connectivity index (χ3v) is 4.89. The number of nitrogens with one attached hydrogen (secondary N) is 2. The highest BCUT2D eigenvalue weighted by Crippen LogP contribution is 2.13. The Labute approximate surface area is 174 Å². The lowest BCUT2D eigenvalue weighted by Gasteiger charge is -2.22. The fourth-order valence-corrected chi connectivity index (χ4v) is 2.81. The summed E-state index contributed by atoms with van der Waals surface area (Å²) in [5.74, 6) is 0.830. The molecule has 1 aromatic carbocycles. The van der Waals surface area contributed by atoms with E-state index in [1.54, 1.807) is 0 Å². The van der Waals surface area contributed by atoms with Gasteiger partial charge in [0.25, 0.3) is 0 Å². The molecule has 0 aliphatic carbocycles. The second-order valence-corrected chi connectivity index (χ2v) is 7.53. The SMILES string of the molecule is CCNC(=NCc1ccccc1CN(C)C(C)C)NCCc1ccc(Cl)nc1. The highest BCUT2D eigenvalue weighted by molar-refractivity contribution is 6.29. The zero-order chi connectivity index (χ0) is 20.4. The number of pyridine rings is 1. The smallest absolute Gasteiger partial charge is 0.191 e. The molecule has 5 nitrogen and oxygen atoms in total. The van der Waals surface area contributed by atoms with E-state index in [1.165, 1.54) is 11.1 Å². The van der Waals surface area contributed by atoms with Crippen molar-refractivity contribution in [2.45, 2.75) is 46.3 Å². The minimum Gasteiger partial charge on any atom is -0.357 e. The molecule has 0 amide bonds. The summed E-state index contributed by atoms with van der Waals surface area (Å²) in [5.41, 5.74) is 3.73. The van der Waals surface area contributed by atoms with Crippen LogP contribution in [-0.4, -0.2) is 42.0 Å². The van der Waals surface area contributed by atoms with E-state index in [4.69, 9.17) is 16.6 Å². The number of rotatable bonds is 9. The highest BCUT2D eigenvalue weighted by atomic mass is 35.5. The Balaban J connectivity index is 1.97. The molecule has 6 heteroatoms. The number of aliphatic imine (C=N–C) groups is 1. The lowest BCUT2D eigenvalue weighted by Crippen LogP contribution is -2.38. The fourth-order valence-electron chi connectivity index (χ4n) is 2.70. The van der Waals surface area contributed by atoms with Gasteiger partial charge < -0.3 is 10.6 Å². The summed E-state index contributed by atoms with van der Waals surface area (Å²) in [7, 11) is 2.15. The molecule has 0 atom stereocenters. The highest BCUT2D eigenvalue weighted by Gasteiger charge is 2.08. The first kappa shape index (κ1) is 22.2. The Kier molecular flexibility index (Phi) is 9.24. The second-order valence-electron chi connectivity index (χ2n) is 7.14. The number of hydrogen-bond acceptors (Lipinski definition) is 3. The van der Waals surface area contributed by atoms with E-state index >= 15 is 0 Å². The Morgan fingerprint density at radius 3 is 2.54 bits per heavy atom. The number of guanidine groups is 1. The van der Waals surface area contributed by atoms with E-state index in [0.29, 0.717) is 17.7 Å². The number of halogens is 1. The Bertz CT molecular complexity index is 743. The van der Waals surface area contributed by atoms with Gasteiger partial charge >= 0.3 is 0 Å². The lowest BCUT2D eigenvalue weighted by atomic mass is 10.1. The monoisotopic (exact) mass is 401 g/mol. The molecule has 152 valence electrons. The Morgan fingerprint density at radius 1 is 1.14 bits per heavy atom. The number of nitrogens with zero attached hydrogens (tertiary/aromatic N) is 3. The van der Waals surface area contributed by atoms with Gasteiger partial charge in [0.1, 0.15) is 5.15 Å². The van der Waals surface area contributed by atoms with Crippen molar-refractivity contribution in [1.29, 1.82) is 0 Å². The molecule has 0 unspecified atom stereocenters. The lowest BCUT2D eigenvalue weighted by molar-refractivity contribution is 0.265. The Morgan fingerprint density at radius 2 is 1.89 bits per heavy atom. The molecule has 1 aromatic heterocycles. The first-order valence-corrected chi connectivity index (χ1v) is 10.3. The van der Waals surface area contributed by atoms with Gasteiger partial charge in [-0.25, -0.2) is 9.98 Å². The number of hydrogen-bond donors (Lipinski definition) is 2. The molecule has 0 aliphatic rings. The molecule has 0 spiro atoms. The molecular weight excluding hydrogens is 370 g/mol. The molecule has 0 saturated carbocycles. The Hall–Kier alpha value is -2.11. The van der Waals surface area contributed by atoms with E-state index in [-0.39, 0.29) is 0 Å². The van der Waals surface area contributed by atoms with Gasteiger partial charge in [0.05, 0.1) is 6.54 Å². The summed E-state index contributed by atoms with van der Waals surface area (Å²) in [5, 5.41) is 7.24. The van der Waals surface area contributed by atoms with Crippen LogP contribution in [0.3, 0.4) is 0 Å². The van der Waals surface area contributed by atoms with Crippen LogP contribution in [0.15, 0.2) is 47.6 Å². The van der Waals surface area contributed by atoms with Gasteiger partial charge in [-0.2, -0.15) is 0 Å². The van der Waals surface area contributed by atoms with Crippen molar-refractivity contribution >= 4 is 17.6 Å². The van der Waals surface area contributed by atoms with Crippen molar-refractivity contribution in [2.75, 3.05) is 20.1 Å². The maximum absolute atomic E-state index is 5.84. The standard InChI is InChI=1S/C22H32ClN5/c1-5-24-22(25-13-12-18-10-11-21(23)26-14-18)27-15-19-8-6-7-9-20(19)16-28(4)17(2)3/h6-11,14,17H,5,12-13,15-16H2,1-4H3,(H2,24,25,27). The van der Waals surface area contributed by atoms with E-state index in [0.717, 1.165) is 37.6 Å². The average molecular weight is 402 g/mol. The van der Waals surface area contributed by atoms with Crippen LogP contribution in [0.4, 0.5) is 0 Å². The minimum atomic E-state index is 0.512. The second kappa shape index (κ2) is 11.7. The topological polar surface area (TPSA) is 52.6 Å². The molecular formula is C22H32ClN5. The van der Waals surface area contributed by atoms with Crippen LogP contribution in [0.5, 0.6) is 0 Å². The van der Waals surface area contributed by atoms with Gasteiger partial charge in [0, 0.05) is 31.9 Å². The molecule has 28 heavy (non-hydrogen) atoms. The van der Waals surface area contributed by atoms with E-state index in [1.807, 2.05) is 18.3 Å². The summed E-state index contributed by atoms with van der Waals surface area (Å²) in [6.45, 7) is 9.69. The fraction of sp³-hybridized carbons (Fsp3) is 0.455. The largest absolute Gasteiger partial charge is 0.357 e. The van der Waals surface area contributed by atoms with Crippen LogP contribution in [0.2, 0.25) is 5.15 Å². The maximum atomic E-state index is 5.84. The van der Waals surface area contributed by atoms with Crippen molar-refractivity contribution in [3.8, 4) is 0 Å². The first-order valence-electron chi connectivity index (χ1n) is 9.89. The van der Waals surface area contributed by atoms with Gasteiger partial charge in [0.15, 0.2) is 5.96 Å². The van der Waals surface area contributed by atoms with Gasteiger partial charge in [-0.3, -0.25) is 4.90 Å². The molecule has 0 fully saturated rings. The predicted molar refractivity (Wildman–Crippen MR) is 119 cm³/mol. The molecule has 0 bridgehead atoms. The van der Waals surface area contributed by atoms with Crippen molar-refractivity contribution < 1.29 is 0 Å². The minimum absolute atomic E-state index is 0.512. The summed E-state index contributed by atoms with van der Waals surface area (Å²) < 4.78 is 0. The van der Waals surface area contributed by atoms with Crippen molar-refractivity contribution in [2.24, 2.45) is 4.99 Å². The first-order chi connectivity index (χ1) is 13.5. The third kappa shape index (κ3) is 7.49. The molecule has 0 aliphatic heterocycles. The molecule has 0 radical (unpaired) electrons. The van der Waals surface area contributed by atoms with Crippen LogP contribution in [0.25, 0.3) is 0 Å². The summed E-state index contributed by atoms with van der Waals surface area (Å²) in [4.78, 5) is 11.2. The van der Waals surface area contributed by atoms with Crippen LogP contribution in [0.1, 0.15) is 37.5 Å². The van der Waals surface area contributed by atoms with Crippen LogP contribution in [-0.2, 0) is 19.5 Å². The van der Waals surface area contributed by atoms with Gasteiger partial charge in [-0.1, -0.05) is 41.9 Å². The predicted octanol–water partition coefficient (Wildman–Crippen LogP) is 3.87. The molecule has 1 heterocycles. The van der Waals surface area contributed by atoms with Gasteiger partial charge in [0.2, 0.25) is 0 Å². The normalized spacial score (nSPS) is 11.9. The maximum Gasteiger partial charge on any atom is 0.191 e. The summed E-state index contributed by atoms with van der Waals surface area (Å²) in [6, 6.07) is 12.9. The van der Waals surface area contributed by atoms with E-state index in [2.05, 4.69) is 72.6 Å². The third-order valence-electron chi connectivity index (χ3n) is 4.67. The van der Waals surface area contributed by atoms with Gasteiger partial charge in [-0.15, -0.1) is 0 Å².